The number of fused-ring (bicyclic) bond motifs is 1. The summed E-state index contributed by atoms with van der Waals surface area (Å²) >= 11 is 5.92. The van der Waals surface area contributed by atoms with Gasteiger partial charge >= 0.3 is 0 Å². The quantitative estimate of drug-likeness (QED) is 0.835. The minimum Gasteiger partial charge on any atom is -0.338 e. The van der Waals surface area contributed by atoms with Crippen molar-refractivity contribution in [2.24, 2.45) is 11.8 Å². The van der Waals surface area contributed by atoms with Crippen LogP contribution in [-0.2, 0) is 6.54 Å². The normalized spacial score (nSPS) is 25.3. The third-order valence-corrected chi connectivity index (χ3v) is 5.56. The predicted octanol–water partition coefficient (Wildman–Crippen LogP) is 4.40. The van der Waals surface area contributed by atoms with Crippen molar-refractivity contribution < 1.29 is 4.52 Å². The minimum absolute atomic E-state index is 0.643. The zero-order valence-corrected chi connectivity index (χ0v) is 14.0. The van der Waals surface area contributed by atoms with Crippen LogP contribution in [0.25, 0.3) is 11.4 Å². The molecule has 1 aromatic carbocycles. The summed E-state index contributed by atoms with van der Waals surface area (Å²) in [5.41, 5.74) is 0.940. The van der Waals surface area contributed by atoms with E-state index in [9.17, 15) is 0 Å². The molecule has 4 rings (SSSR count). The number of hydrogen-bond donors (Lipinski definition) is 0. The highest BCUT2D eigenvalue weighted by Crippen LogP contribution is 2.36. The van der Waals surface area contributed by atoms with Gasteiger partial charge in [0.25, 0.3) is 0 Å². The monoisotopic (exact) mass is 331 g/mol. The summed E-state index contributed by atoms with van der Waals surface area (Å²) in [6.45, 7) is 3.10. The number of halogens is 1. The van der Waals surface area contributed by atoms with Crippen LogP contribution in [0.15, 0.2) is 28.8 Å². The molecule has 2 fully saturated rings. The minimum atomic E-state index is 0.643. The highest BCUT2D eigenvalue weighted by Gasteiger charge is 2.31. The molecule has 2 aromatic rings. The van der Waals surface area contributed by atoms with Gasteiger partial charge in [0.05, 0.1) is 6.54 Å². The van der Waals surface area contributed by atoms with Crippen LogP contribution in [0, 0.1) is 11.8 Å². The predicted molar refractivity (Wildman–Crippen MR) is 90.1 cm³/mol. The summed E-state index contributed by atoms with van der Waals surface area (Å²) in [6.07, 6.45) is 6.97. The van der Waals surface area contributed by atoms with E-state index in [1.54, 1.807) is 0 Å². The highest BCUT2D eigenvalue weighted by atomic mass is 35.5. The fourth-order valence-corrected chi connectivity index (χ4v) is 4.17. The van der Waals surface area contributed by atoms with E-state index in [-0.39, 0.29) is 0 Å². The van der Waals surface area contributed by atoms with Crippen molar-refractivity contribution in [3.8, 4) is 11.4 Å². The Balaban J connectivity index is 1.40. The van der Waals surface area contributed by atoms with Crippen molar-refractivity contribution >= 4 is 11.6 Å². The van der Waals surface area contributed by atoms with Gasteiger partial charge in [-0.1, -0.05) is 36.0 Å². The van der Waals surface area contributed by atoms with E-state index in [2.05, 4.69) is 15.0 Å². The van der Waals surface area contributed by atoms with Crippen LogP contribution in [-0.4, -0.2) is 28.1 Å². The number of benzene rings is 1. The van der Waals surface area contributed by atoms with Crippen LogP contribution >= 0.6 is 11.6 Å². The van der Waals surface area contributed by atoms with E-state index in [1.807, 2.05) is 24.3 Å². The molecule has 1 saturated carbocycles. The van der Waals surface area contributed by atoms with Crippen LogP contribution in [0.1, 0.15) is 38.0 Å². The molecule has 1 saturated heterocycles. The number of hydrogen-bond acceptors (Lipinski definition) is 4. The number of likely N-dealkylation sites (tertiary alicyclic amines) is 1. The average molecular weight is 332 g/mol. The Morgan fingerprint density at radius 2 is 1.87 bits per heavy atom. The van der Waals surface area contributed by atoms with Crippen molar-refractivity contribution in [1.82, 2.24) is 15.0 Å². The molecule has 0 amide bonds. The van der Waals surface area contributed by atoms with Gasteiger partial charge in [0.15, 0.2) is 0 Å². The third kappa shape index (κ3) is 3.43. The van der Waals surface area contributed by atoms with Crippen molar-refractivity contribution in [1.29, 1.82) is 0 Å². The Labute approximate surface area is 141 Å². The summed E-state index contributed by atoms with van der Waals surface area (Å²) < 4.78 is 5.45. The zero-order valence-electron chi connectivity index (χ0n) is 13.2. The van der Waals surface area contributed by atoms with Crippen molar-refractivity contribution in [2.75, 3.05) is 13.1 Å². The van der Waals surface area contributed by atoms with E-state index < -0.39 is 0 Å². The molecule has 1 aromatic heterocycles. The van der Waals surface area contributed by atoms with Gasteiger partial charge in [0, 0.05) is 17.1 Å². The first kappa shape index (κ1) is 15.2. The van der Waals surface area contributed by atoms with E-state index in [0.717, 1.165) is 30.5 Å². The molecule has 23 heavy (non-hydrogen) atoms. The standard InChI is InChI=1S/C18H22ClN3O/c19-16-7-5-14(6-8-16)18-20-17(23-21-18)12-22-10-9-13-3-1-2-4-15(13)11-22/h5-8,13,15H,1-4,9-12H2/t13-,15+/m1/s1. The maximum absolute atomic E-state index is 5.92. The molecular formula is C18H22ClN3O. The molecular weight excluding hydrogens is 310 g/mol. The number of rotatable bonds is 3. The Morgan fingerprint density at radius 3 is 2.70 bits per heavy atom. The van der Waals surface area contributed by atoms with Crippen LogP contribution in [0.3, 0.4) is 0 Å². The van der Waals surface area contributed by atoms with E-state index in [1.165, 1.54) is 38.6 Å². The molecule has 0 spiro atoms. The van der Waals surface area contributed by atoms with Crippen LogP contribution < -0.4 is 0 Å². The molecule has 122 valence electrons. The molecule has 4 nitrogen and oxygen atoms in total. The SMILES string of the molecule is Clc1ccc(-c2noc(CN3CC[C@H]4CCCC[C@H]4C3)n2)cc1. The van der Waals surface area contributed by atoms with E-state index in [4.69, 9.17) is 16.1 Å². The number of nitrogens with zero attached hydrogens (tertiary/aromatic N) is 3. The van der Waals surface area contributed by atoms with Crippen molar-refractivity contribution in [3.05, 3.63) is 35.2 Å². The first-order chi connectivity index (χ1) is 11.3. The van der Waals surface area contributed by atoms with Gasteiger partial charge in [-0.15, -0.1) is 0 Å². The molecule has 2 aliphatic rings. The van der Waals surface area contributed by atoms with Gasteiger partial charge in [-0.3, -0.25) is 4.90 Å². The smallest absolute Gasteiger partial charge is 0.241 e. The van der Waals surface area contributed by atoms with Gasteiger partial charge in [-0.2, -0.15) is 4.98 Å². The fourth-order valence-electron chi connectivity index (χ4n) is 4.05. The lowest BCUT2D eigenvalue weighted by atomic mass is 9.75. The molecule has 2 heterocycles. The molecule has 2 atom stereocenters. The second-order valence-corrected chi connectivity index (χ2v) is 7.28. The molecule has 5 heteroatoms. The van der Waals surface area contributed by atoms with Crippen molar-refractivity contribution in [2.45, 2.75) is 38.6 Å². The maximum Gasteiger partial charge on any atom is 0.241 e. The third-order valence-electron chi connectivity index (χ3n) is 5.30. The summed E-state index contributed by atoms with van der Waals surface area (Å²) in [5, 5.41) is 4.82. The van der Waals surface area contributed by atoms with Gasteiger partial charge in [0.2, 0.25) is 11.7 Å². The largest absolute Gasteiger partial charge is 0.338 e. The zero-order chi connectivity index (χ0) is 15.6. The Hall–Kier alpha value is -1.39. The van der Waals surface area contributed by atoms with Gasteiger partial charge in [-0.05, 0) is 55.5 Å². The van der Waals surface area contributed by atoms with Crippen molar-refractivity contribution in [3.63, 3.8) is 0 Å². The second-order valence-electron chi connectivity index (χ2n) is 6.85. The first-order valence-electron chi connectivity index (χ1n) is 8.59. The van der Waals surface area contributed by atoms with E-state index >= 15 is 0 Å². The molecule has 0 unspecified atom stereocenters. The lowest BCUT2D eigenvalue weighted by Gasteiger charge is -2.40. The molecule has 0 N–H and O–H groups in total. The average Bonchev–Trinajstić information content (AvgIpc) is 3.04. The molecule has 1 aliphatic carbocycles. The second kappa shape index (κ2) is 6.62. The van der Waals surface area contributed by atoms with Gasteiger partial charge < -0.3 is 4.52 Å². The van der Waals surface area contributed by atoms with Crippen LogP contribution in [0.4, 0.5) is 0 Å². The molecule has 0 bridgehead atoms. The number of piperidine rings is 1. The van der Waals surface area contributed by atoms with Gasteiger partial charge in [-0.25, -0.2) is 0 Å². The Morgan fingerprint density at radius 1 is 1.09 bits per heavy atom. The highest BCUT2D eigenvalue weighted by molar-refractivity contribution is 6.30. The summed E-state index contributed by atoms with van der Waals surface area (Å²) in [4.78, 5) is 7.02. The summed E-state index contributed by atoms with van der Waals surface area (Å²) in [7, 11) is 0. The Bertz CT molecular complexity index is 655. The molecule has 1 aliphatic heterocycles. The first-order valence-corrected chi connectivity index (χ1v) is 8.96. The lowest BCUT2D eigenvalue weighted by Crippen LogP contribution is -2.41. The topological polar surface area (TPSA) is 42.2 Å². The van der Waals surface area contributed by atoms with Gasteiger partial charge in [0.1, 0.15) is 0 Å². The van der Waals surface area contributed by atoms with Crippen LogP contribution in [0.2, 0.25) is 5.02 Å². The number of aromatic nitrogens is 2. The Kier molecular flexibility index (Phi) is 4.36. The summed E-state index contributed by atoms with van der Waals surface area (Å²) in [6, 6.07) is 7.54. The maximum atomic E-state index is 5.92. The fraction of sp³-hybridized carbons (Fsp3) is 0.556. The molecule has 0 radical (unpaired) electrons. The van der Waals surface area contributed by atoms with Crippen LogP contribution in [0.5, 0.6) is 0 Å². The van der Waals surface area contributed by atoms with E-state index in [0.29, 0.717) is 16.7 Å². The lowest BCUT2D eigenvalue weighted by molar-refractivity contribution is 0.0747. The summed E-state index contributed by atoms with van der Waals surface area (Å²) in [5.74, 6) is 3.18.